The first-order chi connectivity index (χ1) is 9.29. The van der Waals surface area contributed by atoms with Crippen LogP contribution in [-0.2, 0) is 4.74 Å². The highest BCUT2D eigenvalue weighted by Crippen LogP contribution is 2.15. The molecule has 1 fully saturated rings. The molecule has 1 atom stereocenters. The average Bonchev–Trinajstić information content (AvgIpc) is 2.97. The van der Waals surface area contributed by atoms with Gasteiger partial charge < -0.3 is 19.9 Å². The van der Waals surface area contributed by atoms with E-state index in [1.807, 2.05) is 0 Å². The quantitative estimate of drug-likeness (QED) is 0.786. The number of carbonyl (C=O) groups excluding carboxylic acids is 1. The van der Waals surface area contributed by atoms with E-state index in [-0.39, 0.29) is 5.91 Å². The van der Waals surface area contributed by atoms with Crippen LogP contribution in [0.3, 0.4) is 0 Å². The fourth-order valence-corrected chi connectivity index (χ4v) is 2.45. The fraction of sp³-hybridized carbons (Fsp3) is 0.692. The van der Waals surface area contributed by atoms with Crippen molar-refractivity contribution in [3.05, 3.63) is 18.2 Å². The van der Waals surface area contributed by atoms with Crippen LogP contribution in [0.2, 0.25) is 0 Å². The van der Waals surface area contributed by atoms with Crippen LogP contribution in [0.4, 0.5) is 0 Å². The molecule has 1 amide bonds. The predicted octanol–water partition coefficient (Wildman–Crippen LogP) is 0.498. The number of ether oxygens (including phenoxy) is 1. The largest absolute Gasteiger partial charge is 0.383 e. The minimum atomic E-state index is -0.0773. The van der Waals surface area contributed by atoms with Gasteiger partial charge in [0.1, 0.15) is 5.69 Å². The first-order valence-electron chi connectivity index (χ1n) is 6.77. The van der Waals surface area contributed by atoms with Crippen LogP contribution in [0, 0.1) is 5.92 Å². The number of likely N-dealkylation sites (tertiary alicyclic amines) is 1. The number of hydrogen-bond acceptors (Lipinski definition) is 4. The second-order valence-corrected chi connectivity index (χ2v) is 4.98. The van der Waals surface area contributed by atoms with E-state index in [1.54, 1.807) is 13.3 Å². The van der Waals surface area contributed by atoms with E-state index >= 15 is 0 Å². The lowest BCUT2D eigenvalue weighted by Crippen LogP contribution is -2.42. The van der Waals surface area contributed by atoms with Gasteiger partial charge in [0.15, 0.2) is 0 Å². The summed E-state index contributed by atoms with van der Waals surface area (Å²) in [6.07, 6.45) is 5.42. The smallest absolute Gasteiger partial charge is 0.269 e. The zero-order valence-corrected chi connectivity index (χ0v) is 11.4. The van der Waals surface area contributed by atoms with Gasteiger partial charge in [0.05, 0.1) is 19.1 Å². The van der Waals surface area contributed by atoms with E-state index in [4.69, 9.17) is 4.74 Å². The predicted molar refractivity (Wildman–Crippen MR) is 72.0 cm³/mol. The van der Waals surface area contributed by atoms with Gasteiger partial charge in [0.25, 0.3) is 5.91 Å². The number of aromatic amines is 1. The van der Waals surface area contributed by atoms with Gasteiger partial charge in [-0.15, -0.1) is 0 Å². The lowest BCUT2D eigenvalue weighted by molar-refractivity contribution is 0.0909. The lowest BCUT2D eigenvalue weighted by Gasteiger charge is -2.32. The van der Waals surface area contributed by atoms with Crippen LogP contribution in [0.25, 0.3) is 0 Å². The molecule has 0 unspecified atom stereocenters. The van der Waals surface area contributed by atoms with Gasteiger partial charge >= 0.3 is 0 Å². The van der Waals surface area contributed by atoms with Crippen LogP contribution < -0.4 is 5.32 Å². The summed E-state index contributed by atoms with van der Waals surface area (Å²) in [5, 5.41) is 2.96. The molecule has 6 nitrogen and oxygen atoms in total. The number of rotatable bonds is 6. The summed E-state index contributed by atoms with van der Waals surface area (Å²) in [5.41, 5.74) is 0.520. The highest BCUT2D eigenvalue weighted by atomic mass is 16.5. The molecule has 1 aromatic heterocycles. The molecule has 1 aromatic rings. The van der Waals surface area contributed by atoms with Crippen molar-refractivity contribution >= 4 is 5.91 Å². The first kappa shape index (κ1) is 14.0. The van der Waals surface area contributed by atoms with Crippen LogP contribution in [0.15, 0.2) is 12.5 Å². The topological polar surface area (TPSA) is 70.2 Å². The molecule has 1 aliphatic rings. The first-order valence-corrected chi connectivity index (χ1v) is 6.77. The molecule has 0 radical (unpaired) electrons. The minimum absolute atomic E-state index is 0.0773. The van der Waals surface area contributed by atoms with Gasteiger partial charge in [0, 0.05) is 26.7 Å². The Kier molecular flexibility index (Phi) is 5.35. The minimum Gasteiger partial charge on any atom is -0.383 e. The monoisotopic (exact) mass is 266 g/mol. The molecule has 0 spiro atoms. The summed E-state index contributed by atoms with van der Waals surface area (Å²) >= 11 is 0. The van der Waals surface area contributed by atoms with Crippen LogP contribution in [-0.4, -0.2) is 60.7 Å². The zero-order valence-electron chi connectivity index (χ0n) is 11.4. The van der Waals surface area contributed by atoms with Crippen LogP contribution in [0.1, 0.15) is 23.3 Å². The second kappa shape index (κ2) is 7.25. The summed E-state index contributed by atoms with van der Waals surface area (Å²) in [7, 11) is 1.73. The second-order valence-electron chi connectivity index (χ2n) is 4.98. The van der Waals surface area contributed by atoms with Crippen molar-refractivity contribution in [1.82, 2.24) is 20.2 Å². The molecule has 19 heavy (non-hydrogen) atoms. The summed E-state index contributed by atoms with van der Waals surface area (Å²) in [5.74, 6) is 0.448. The van der Waals surface area contributed by atoms with Crippen LogP contribution >= 0.6 is 0 Å². The number of nitrogens with one attached hydrogen (secondary N) is 2. The normalized spacial score (nSPS) is 20.4. The molecule has 0 bridgehead atoms. The van der Waals surface area contributed by atoms with Gasteiger partial charge in [-0.1, -0.05) is 0 Å². The highest BCUT2D eigenvalue weighted by Gasteiger charge is 2.20. The molecule has 106 valence electrons. The molecular formula is C13H22N4O2. The summed E-state index contributed by atoms with van der Waals surface area (Å²) in [6.45, 7) is 4.64. The molecule has 2 rings (SSSR count). The average molecular weight is 266 g/mol. The Morgan fingerprint density at radius 1 is 1.68 bits per heavy atom. The molecule has 6 heteroatoms. The fourth-order valence-electron chi connectivity index (χ4n) is 2.45. The van der Waals surface area contributed by atoms with E-state index in [1.165, 1.54) is 19.2 Å². The third-order valence-corrected chi connectivity index (χ3v) is 3.51. The number of nitrogens with zero attached hydrogens (tertiary/aromatic N) is 2. The molecule has 0 saturated carbocycles. The van der Waals surface area contributed by atoms with Crippen molar-refractivity contribution in [2.75, 3.05) is 39.9 Å². The maximum Gasteiger partial charge on any atom is 0.269 e. The molecule has 0 aromatic carbocycles. The van der Waals surface area contributed by atoms with Crippen molar-refractivity contribution in [2.24, 2.45) is 5.92 Å². The van der Waals surface area contributed by atoms with E-state index in [0.717, 1.165) is 32.8 Å². The van der Waals surface area contributed by atoms with Crippen molar-refractivity contribution in [2.45, 2.75) is 12.8 Å². The number of imidazole rings is 1. The summed E-state index contributed by atoms with van der Waals surface area (Å²) in [6, 6.07) is 0. The van der Waals surface area contributed by atoms with Gasteiger partial charge in [0.2, 0.25) is 0 Å². The summed E-state index contributed by atoms with van der Waals surface area (Å²) < 4.78 is 5.10. The third-order valence-electron chi connectivity index (χ3n) is 3.51. The molecule has 2 N–H and O–H groups in total. The molecule has 1 saturated heterocycles. The number of methoxy groups -OCH3 is 1. The lowest BCUT2D eigenvalue weighted by atomic mass is 9.98. The van der Waals surface area contributed by atoms with E-state index in [2.05, 4.69) is 20.2 Å². The zero-order chi connectivity index (χ0) is 13.5. The molecular weight excluding hydrogens is 244 g/mol. The Bertz CT molecular complexity index is 380. The number of carbonyl (C=O) groups is 1. The Morgan fingerprint density at radius 2 is 2.58 bits per heavy atom. The number of aromatic nitrogens is 2. The van der Waals surface area contributed by atoms with Gasteiger partial charge in [-0.3, -0.25) is 4.79 Å². The molecule has 1 aliphatic heterocycles. The Labute approximate surface area is 113 Å². The van der Waals surface area contributed by atoms with E-state index in [9.17, 15) is 4.79 Å². The van der Waals surface area contributed by atoms with Crippen molar-refractivity contribution in [1.29, 1.82) is 0 Å². The van der Waals surface area contributed by atoms with Crippen LogP contribution in [0.5, 0.6) is 0 Å². The number of H-pyrrole nitrogens is 1. The maximum atomic E-state index is 11.8. The SMILES string of the molecule is COCCN1CCC[C@H](CNC(=O)c2cnc[nH]2)C1. The van der Waals surface area contributed by atoms with Crippen molar-refractivity contribution in [3.63, 3.8) is 0 Å². The third kappa shape index (κ3) is 4.33. The summed E-state index contributed by atoms with van der Waals surface area (Å²) in [4.78, 5) is 20.8. The Hall–Kier alpha value is -1.40. The Morgan fingerprint density at radius 3 is 3.32 bits per heavy atom. The number of amides is 1. The Balaban J connectivity index is 1.72. The van der Waals surface area contributed by atoms with E-state index in [0.29, 0.717) is 11.6 Å². The number of hydrogen-bond donors (Lipinski definition) is 2. The standard InChI is InChI=1S/C13H22N4O2/c1-19-6-5-17-4-2-3-11(9-17)7-15-13(18)12-8-14-10-16-12/h8,10-11H,2-7,9H2,1H3,(H,14,16)(H,15,18)/t11-/m1/s1. The van der Waals surface area contributed by atoms with Gasteiger partial charge in [-0.25, -0.2) is 4.98 Å². The van der Waals surface area contributed by atoms with Gasteiger partial charge in [-0.05, 0) is 25.3 Å². The van der Waals surface area contributed by atoms with Crippen molar-refractivity contribution in [3.8, 4) is 0 Å². The van der Waals surface area contributed by atoms with Gasteiger partial charge in [-0.2, -0.15) is 0 Å². The molecule has 2 heterocycles. The van der Waals surface area contributed by atoms with E-state index < -0.39 is 0 Å². The highest BCUT2D eigenvalue weighted by molar-refractivity contribution is 5.91. The van der Waals surface area contributed by atoms with Crippen molar-refractivity contribution < 1.29 is 9.53 Å². The maximum absolute atomic E-state index is 11.8. The molecule has 0 aliphatic carbocycles. The number of piperidine rings is 1.